The van der Waals surface area contributed by atoms with Gasteiger partial charge < -0.3 is 20.6 Å². The number of rotatable bonds is 10. The van der Waals surface area contributed by atoms with Crippen molar-refractivity contribution >= 4 is 45.7 Å². The molecule has 2 aliphatic rings. The zero-order valence-electron chi connectivity index (χ0n) is 26.2. The second-order valence-electron chi connectivity index (χ2n) is 12.3. The highest BCUT2D eigenvalue weighted by Gasteiger charge is 2.54. The molecule has 0 saturated carbocycles. The van der Waals surface area contributed by atoms with Crippen LogP contribution in [0, 0.1) is 17.8 Å². The number of carbonyl (C=O) groups excluding carboxylic acids is 2. The van der Waals surface area contributed by atoms with Crippen LogP contribution in [0.25, 0.3) is 16.8 Å². The monoisotopic (exact) mass is 616 g/mol. The molecular weight excluding hydrogens is 576 g/mol. The van der Waals surface area contributed by atoms with Crippen LogP contribution in [0.15, 0.2) is 108 Å². The highest BCUT2D eigenvalue weighted by atomic mass is 16.3. The van der Waals surface area contributed by atoms with Crippen LogP contribution in [0.1, 0.15) is 45.1 Å². The maximum atomic E-state index is 13.9. The quantitative estimate of drug-likeness (QED) is 0.110. The number of carbonyl (C=O) groups is 2. The van der Waals surface area contributed by atoms with E-state index in [9.17, 15) is 24.9 Å². The number of benzene rings is 4. The fourth-order valence-corrected chi connectivity index (χ4v) is 7.23. The molecule has 2 amide bonds. The summed E-state index contributed by atoms with van der Waals surface area (Å²) < 4.78 is 0. The third-order valence-corrected chi connectivity index (χ3v) is 9.56. The van der Waals surface area contributed by atoms with E-state index in [1.165, 1.54) is 4.90 Å². The van der Waals surface area contributed by atoms with Crippen molar-refractivity contribution in [2.75, 3.05) is 16.8 Å². The second-order valence-corrected chi connectivity index (χ2v) is 12.3. The second kappa shape index (κ2) is 13.3. The summed E-state index contributed by atoms with van der Waals surface area (Å²) in [4.78, 5) is 28.8. The van der Waals surface area contributed by atoms with E-state index < -0.39 is 23.9 Å². The fraction of sp³-hybridized carbons (Fsp3) is 0.282. The normalized spacial score (nSPS) is 20.7. The van der Waals surface area contributed by atoms with Gasteiger partial charge in [0.25, 0.3) is 0 Å². The summed E-state index contributed by atoms with van der Waals surface area (Å²) in [6.45, 7) is 3.66. The Hall–Kier alpha value is -4.72. The molecule has 4 aromatic rings. The van der Waals surface area contributed by atoms with Crippen LogP contribution in [0.5, 0.6) is 5.75 Å². The smallest absolute Gasteiger partial charge is 0.238 e. The number of para-hydroxylation sites is 1. The van der Waals surface area contributed by atoms with Gasteiger partial charge in [-0.05, 0) is 91.6 Å². The van der Waals surface area contributed by atoms with Crippen LogP contribution < -0.4 is 10.2 Å². The average molecular weight is 617 g/mol. The number of anilines is 3. The van der Waals surface area contributed by atoms with E-state index >= 15 is 0 Å². The first-order chi connectivity index (χ1) is 22.3. The van der Waals surface area contributed by atoms with E-state index in [1.807, 2.05) is 79.7 Å². The number of fused-ring (bicyclic) bond motifs is 2. The van der Waals surface area contributed by atoms with Gasteiger partial charge in [-0.15, -0.1) is 0 Å². The van der Waals surface area contributed by atoms with Crippen molar-refractivity contribution in [3.8, 4) is 5.75 Å². The molecule has 236 valence electrons. The molecule has 1 heterocycles. The number of aliphatic hydroxyl groups is 2. The fourth-order valence-electron chi connectivity index (χ4n) is 7.23. The lowest BCUT2D eigenvalue weighted by Crippen LogP contribution is -2.38. The summed E-state index contributed by atoms with van der Waals surface area (Å²) in [5, 5.41) is 37.5. The lowest BCUT2D eigenvalue weighted by atomic mass is 9.68. The molecule has 0 radical (unpaired) electrons. The number of hydrogen-bond donors (Lipinski definition) is 4. The molecule has 1 saturated heterocycles. The van der Waals surface area contributed by atoms with Crippen molar-refractivity contribution in [2.24, 2.45) is 17.8 Å². The Labute approximate surface area is 269 Å². The minimum atomic E-state index is -0.857. The molecule has 0 unspecified atom stereocenters. The summed E-state index contributed by atoms with van der Waals surface area (Å²) >= 11 is 0. The van der Waals surface area contributed by atoms with Gasteiger partial charge in [-0.3, -0.25) is 14.5 Å². The van der Waals surface area contributed by atoms with E-state index in [0.29, 0.717) is 30.5 Å². The highest BCUT2D eigenvalue weighted by molar-refractivity contribution is 6.22. The standard InChI is InChI=1S/C39H40N2O5/c1-3-25(22-26-14-20-34(43)31-12-8-7-11-30(26)31)13-19-35(44)36-24(2)21-32-37(33(36)23-42)39(46)41(38(32)45)29-17-15-28(16-18-29)40-27-9-5-4-6-10-27/h4-12,14-18,20,22,32-33,35,37,40,42-44H,3,13,19,21,23H2,1-2H3/b25-22+/t32-,33+,35-,37-/m1/s1. The van der Waals surface area contributed by atoms with Gasteiger partial charge in [0.05, 0.1) is 30.2 Å². The van der Waals surface area contributed by atoms with Crippen LogP contribution in [-0.4, -0.2) is 39.8 Å². The lowest BCUT2D eigenvalue weighted by Gasteiger charge is -2.35. The number of aromatic hydroxyl groups is 1. The molecule has 0 aromatic heterocycles. The maximum absolute atomic E-state index is 13.9. The zero-order chi connectivity index (χ0) is 32.4. The van der Waals surface area contributed by atoms with Crippen LogP contribution in [0.4, 0.5) is 17.1 Å². The molecule has 46 heavy (non-hydrogen) atoms. The van der Waals surface area contributed by atoms with E-state index in [-0.39, 0.29) is 24.2 Å². The van der Waals surface area contributed by atoms with E-state index in [2.05, 4.69) is 18.3 Å². The molecule has 0 spiro atoms. The van der Waals surface area contributed by atoms with Crippen molar-refractivity contribution in [1.82, 2.24) is 0 Å². The minimum absolute atomic E-state index is 0.241. The minimum Gasteiger partial charge on any atom is -0.507 e. The van der Waals surface area contributed by atoms with Gasteiger partial charge in [0, 0.05) is 22.7 Å². The Balaban J connectivity index is 1.18. The highest BCUT2D eigenvalue weighted by Crippen LogP contribution is 2.47. The first-order valence-electron chi connectivity index (χ1n) is 16.0. The molecule has 1 aliphatic heterocycles. The molecule has 7 nitrogen and oxygen atoms in total. The summed E-state index contributed by atoms with van der Waals surface area (Å²) in [6.07, 6.45) is 3.47. The number of hydrogen-bond acceptors (Lipinski definition) is 6. The number of allylic oxidation sites excluding steroid dienone is 2. The molecular formula is C39H40N2O5. The Morgan fingerprint density at radius 1 is 0.913 bits per heavy atom. The van der Waals surface area contributed by atoms with E-state index in [1.54, 1.807) is 18.2 Å². The Morgan fingerprint density at radius 3 is 2.28 bits per heavy atom. The molecule has 1 aliphatic carbocycles. The summed E-state index contributed by atoms with van der Waals surface area (Å²) in [6, 6.07) is 28.3. The number of amides is 2. The first kappa shape index (κ1) is 31.3. The summed E-state index contributed by atoms with van der Waals surface area (Å²) in [5.74, 6) is -2.28. The van der Waals surface area contributed by atoms with Gasteiger partial charge in [0.15, 0.2) is 0 Å². The van der Waals surface area contributed by atoms with Gasteiger partial charge in [-0.2, -0.15) is 0 Å². The summed E-state index contributed by atoms with van der Waals surface area (Å²) in [7, 11) is 0. The third-order valence-electron chi connectivity index (χ3n) is 9.56. The predicted octanol–water partition coefficient (Wildman–Crippen LogP) is 7.36. The number of nitrogens with one attached hydrogen (secondary N) is 1. The largest absolute Gasteiger partial charge is 0.507 e. The van der Waals surface area contributed by atoms with Gasteiger partial charge in [-0.25, -0.2) is 0 Å². The third kappa shape index (κ3) is 5.96. The van der Waals surface area contributed by atoms with Crippen LogP contribution in [0.3, 0.4) is 0 Å². The zero-order valence-corrected chi connectivity index (χ0v) is 26.2. The number of phenolic OH excluding ortho intramolecular Hbond substituents is 1. The number of phenols is 1. The molecule has 1 fully saturated rings. The topological polar surface area (TPSA) is 110 Å². The maximum Gasteiger partial charge on any atom is 0.238 e. The predicted molar refractivity (Wildman–Crippen MR) is 183 cm³/mol. The van der Waals surface area contributed by atoms with Crippen molar-refractivity contribution < 1.29 is 24.9 Å². The van der Waals surface area contributed by atoms with Gasteiger partial charge >= 0.3 is 0 Å². The van der Waals surface area contributed by atoms with Crippen molar-refractivity contribution in [2.45, 2.75) is 45.6 Å². The summed E-state index contributed by atoms with van der Waals surface area (Å²) in [5.41, 5.74) is 5.96. The number of aliphatic hydroxyl groups excluding tert-OH is 2. The van der Waals surface area contributed by atoms with Crippen LogP contribution in [-0.2, 0) is 9.59 Å². The Kier molecular flexibility index (Phi) is 9.06. The molecule has 7 heteroatoms. The lowest BCUT2D eigenvalue weighted by molar-refractivity contribution is -0.123. The molecule has 4 atom stereocenters. The van der Waals surface area contributed by atoms with Crippen molar-refractivity contribution in [3.05, 3.63) is 113 Å². The number of imide groups is 1. The Morgan fingerprint density at radius 2 is 1.59 bits per heavy atom. The molecule has 0 bridgehead atoms. The van der Waals surface area contributed by atoms with E-state index in [4.69, 9.17) is 0 Å². The molecule has 6 rings (SSSR count). The average Bonchev–Trinajstić information content (AvgIpc) is 3.32. The van der Waals surface area contributed by atoms with Crippen molar-refractivity contribution in [1.29, 1.82) is 0 Å². The van der Waals surface area contributed by atoms with E-state index in [0.717, 1.165) is 45.3 Å². The Bertz CT molecular complexity index is 1810. The van der Waals surface area contributed by atoms with Crippen molar-refractivity contribution in [3.63, 3.8) is 0 Å². The van der Waals surface area contributed by atoms with Gasteiger partial charge in [0.1, 0.15) is 5.75 Å². The van der Waals surface area contributed by atoms with Gasteiger partial charge in [0.2, 0.25) is 11.8 Å². The first-order valence-corrected chi connectivity index (χ1v) is 16.0. The molecule has 4 aromatic carbocycles. The number of nitrogens with zero attached hydrogens (tertiary/aromatic N) is 1. The van der Waals surface area contributed by atoms with Gasteiger partial charge in [-0.1, -0.05) is 72.7 Å². The SMILES string of the molecule is CC/C(=C\c1ccc(O)c2ccccc12)CC[C@@H](O)C1=C(C)C[C@H]2C(=O)N(c3ccc(Nc4ccccc4)cc3)C(=O)[C@H]2[C@H]1CO. The van der Waals surface area contributed by atoms with Crippen LogP contribution >= 0.6 is 0 Å². The van der Waals surface area contributed by atoms with Crippen LogP contribution in [0.2, 0.25) is 0 Å². The molecule has 4 N–H and O–H groups in total.